The molecule has 1 aromatic rings. The molecule has 0 aliphatic carbocycles. The predicted octanol–water partition coefficient (Wildman–Crippen LogP) is 3.33. The Hall–Kier alpha value is -0.580. The lowest BCUT2D eigenvalue weighted by atomic mass is 9.97. The van der Waals surface area contributed by atoms with Crippen molar-refractivity contribution >= 4 is 34.3 Å². The van der Waals surface area contributed by atoms with Crippen molar-refractivity contribution in [1.82, 2.24) is 0 Å². The van der Waals surface area contributed by atoms with E-state index in [0.717, 1.165) is 10.9 Å². The lowest BCUT2D eigenvalue weighted by molar-refractivity contribution is -0.147. The highest BCUT2D eigenvalue weighted by Gasteiger charge is 2.17. The summed E-state index contributed by atoms with van der Waals surface area (Å²) in [4.78, 5) is 11.5. The summed E-state index contributed by atoms with van der Waals surface area (Å²) in [7, 11) is 0. The first-order valence-corrected chi connectivity index (χ1v) is 6.99. The Morgan fingerprint density at radius 2 is 1.95 bits per heavy atom. The molecule has 2 atom stereocenters. The summed E-state index contributed by atoms with van der Waals surface area (Å²) >= 11 is 3.40. The highest BCUT2D eigenvalue weighted by atomic mass is 79.9. The van der Waals surface area contributed by atoms with Crippen LogP contribution in [0.25, 0.3) is 0 Å². The third-order valence-electron chi connectivity index (χ3n) is 2.76. The summed E-state index contributed by atoms with van der Waals surface area (Å²) in [6.07, 6.45) is 1.42. The molecule has 0 fully saturated rings. The van der Waals surface area contributed by atoms with Crippen LogP contribution in [0.3, 0.4) is 0 Å². The van der Waals surface area contributed by atoms with Gasteiger partial charge in [0.1, 0.15) is 0 Å². The van der Waals surface area contributed by atoms with Crippen LogP contribution < -0.4 is 5.73 Å². The molecule has 0 saturated carbocycles. The average molecular weight is 351 g/mol. The Kier molecular flexibility index (Phi) is 9.06. The van der Waals surface area contributed by atoms with Gasteiger partial charge in [0, 0.05) is 10.5 Å². The van der Waals surface area contributed by atoms with Crippen molar-refractivity contribution in [2.24, 2.45) is 11.7 Å². The monoisotopic (exact) mass is 349 g/mol. The van der Waals surface area contributed by atoms with Crippen LogP contribution in [0.4, 0.5) is 0 Å². The summed E-state index contributed by atoms with van der Waals surface area (Å²) in [5.41, 5.74) is 7.24. The van der Waals surface area contributed by atoms with E-state index in [2.05, 4.69) is 15.9 Å². The van der Waals surface area contributed by atoms with Crippen LogP contribution in [-0.4, -0.2) is 18.6 Å². The summed E-state index contributed by atoms with van der Waals surface area (Å²) in [6, 6.07) is 8.05. The van der Waals surface area contributed by atoms with Crippen LogP contribution >= 0.6 is 28.3 Å². The van der Waals surface area contributed by atoms with Crippen LogP contribution in [0.2, 0.25) is 0 Å². The average Bonchev–Trinajstić information content (AvgIpc) is 2.32. The van der Waals surface area contributed by atoms with Crippen LogP contribution in [0, 0.1) is 5.92 Å². The van der Waals surface area contributed by atoms with Gasteiger partial charge in [0.2, 0.25) is 0 Å². The fourth-order valence-electron chi connectivity index (χ4n) is 1.84. The van der Waals surface area contributed by atoms with Gasteiger partial charge >= 0.3 is 5.97 Å². The van der Waals surface area contributed by atoms with Gasteiger partial charge in [0.05, 0.1) is 12.5 Å². The molecule has 0 unspecified atom stereocenters. The van der Waals surface area contributed by atoms with Gasteiger partial charge in [-0.05, 0) is 37.5 Å². The number of benzene rings is 1. The van der Waals surface area contributed by atoms with Crippen molar-refractivity contribution in [2.45, 2.75) is 32.7 Å². The number of esters is 1. The molecule has 0 amide bonds. The molecule has 19 heavy (non-hydrogen) atoms. The van der Waals surface area contributed by atoms with Gasteiger partial charge in [-0.1, -0.05) is 35.0 Å². The Balaban J connectivity index is 0.00000324. The fourth-order valence-corrected chi connectivity index (χ4v) is 2.11. The van der Waals surface area contributed by atoms with Crippen molar-refractivity contribution < 1.29 is 9.53 Å². The van der Waals surface area contributed by atoms with E-state index >= 15 is 0 Å². The zero-order chi connectivity index (χ0) is 13.5. The SMILES string of the molecule is CCOC(=O)[C@H](C)C[C@H](N)Cc1ccc(Br)cc1.Cl. The molecule has 108 valence electrons. The molecule has 0 saturated heterocycles. The standard InChI is InChI=1S/C14H20BrNO2.ClH/c1-3-18-14(17)10(2)8-13(16)9-11-4-6-12(15)7-5-11;/h4-7,10,13H,3,8-9,16H2,1-2H3;1H/t10-,13+;/m1./s1. The molecular weight excluding hydrogens is 330 g/mol. The zero-order valence-electron chi connectivity index (χ0n) is 11.3. The molecule has 3 nitrogen and oxygen atoms in total. The maximum absolute atomic E-state index is 11.5. The number of nitrogens with two attached hydrogens (primary N) is 1. The minimum absolute atomic E-state index is 0. The van der Waals surface area contributed by atoms with E-state index in [0.29, 0.717) is 13.0 Å². The molecule has 5 heteroatoms. The normalized spacial score (nSPS) is 13.3. The number of hydrogen-bond acceptors (Lipinski definition) is 3. The molecule has 1 rings (SSSR count). The number of ether oxygens (including phenoxy) is 1. The second-order valence-electron chi connectivity index (χ2n) is 4.48. The number of carbonyl (C=O) groups is 1. The first kappa shape index (κ1) is 18.4. The molecule has 2 N–H and O–H groups in total. The Labute approximate surface area is 129 Å². The van der Waals surface area contributed by atoms with Gasteiger partial charge in [-0.3, -0.25) is 4.79 Å². The predicted molar refractivity (Wildman–Crippen MR) is 83.5 cm³/mol. The summed E-state index contributed by atoms with van der Waals surface area (Å²) in [6.45, 7) is 4.09. The molecule has 0 aromatic heterocycles. The maximum atomic E-state index is 11.5. The van der Waals surface area contributed by atoms with Crippen molar-refractivity contribution in [3.05, 3.63) is 34.3 Å². The Bertz CT molecular complexity index is 384. The van der Waals surface area contributed by atoms with Crippen LogP contribution in [0.5, 0.6) is 0 Å². The van der Waals surface area contributed by atoms with Crippen molar-refractivity contribution in [3.63, 3.8) is 0 Å². The number of rotatable bonds is 6. The Morgan fingerprint density at radius 3 is 2.47 bits per heavy atom. The van der Waals surface area contributed by atoms with Gasteiger partial charge < -0.3 is 10.5 Å². The molecule has 1 aromatic carbocycles. The number of halogens is 2. The largest absolute Gasteiger partial charge is 0.466 e. The third kappa shape index (κ3) is 6.95. The maximum Gasteiger partial charge on any atom is 0.308 e. The molecular formula is C14H21BrClNO2. The van der Waals surface area contributed by atoms with Gasteiger partial charge in [0.25, 0.3) is 0 Å². The summed E-state index contributed by atoms with van der Waals surface area (Å²) in [5, 5.41) is 0. The van der Waals surface area contributed by atoms with E-state index in [-0.39, 0.29) is 30.3 Å². The highest BCUT2D eigenvalue weighted by Crippen LogP contribution is 2.14. The van der Waals surface area contributed by atoms with E-state index < -0.39 is 0 Å². The second-order valence-corrected chi connectivity index (χ2v) is 5.40. The van der Waals surface area contributed by atoms with Crippen LogP contribution in [-0.2, 0) is 16.0 Å². The molecule has 0 aliphatic rings. The lowest BCUT2D eigenvalue weighted by Crippen LogP contribution is -2.29. The van der Waals surface area contributed by atoms with E-state index in [1.165, 1.54) is 5.56 Å². The first-order valence-electron chi connectivity index (χ1n) is 6.19. The van der Waals surface area contributed by atoms with Crippen molar-refractivity contribution in [2.75, 3.05) is 6.61 Å². The number of carbonyl (C=O) groups excluding carboxylic acids is 1. The molecule has 0 bridgehead atoms. The van der Waals surface area contributed by atoms with Crippen LogP contribution in [0.15, 0.2) is 28.7 Å². The summed E-state index contributed by atoms with van der Waals surface area (Å²) in [5.74, 6) is -0.306. The van der Waals surface area contributed by atoms with Crippen molar-refractivity contribution in [1.29, 1.82) is 0 Å². The molecule has 0 aliphatic heterocycles. The van der Waals surface area contributed by atoms with Gasteiger partial charge in [-0.25, -0.2) is 0 Å². The number of hydrogen-bond donors (Lipinski definition) is 1. The lowest BCUT2D eigenvalue weighted by Gasteiger charge is -2.16. The smallest absolute Gasteiger partial charge is 0.308 e. The van der Waals surface area contributed by atoms with Gasteiger partial charge in [-0.2, -0.15) is 0 Å². The topological polar surface area (TPSA) is 52.3 Å². The first-order chi connectivity index (χ1) is 8.52. The minimum Gasteiger partial charge on any atom is -0.466 e. The molecule has 0 spiro atoms. The zero-order valence-corrected chi connectivity index (χ0v) is 13.7. The second kappa shape index (κ2) is 9.34. The third-order valence-corrected chi connectivity index (χ3v) is 3.29. The minimum atomic E-state index is -0.163. The summed E-state index contributed by atoms with van der Waals surface area (Å²) < 4.78 is 6.03. The Morgan fingerprint density at radius 1 is 1.37 bits per heavy atom. The van der Waals surface area contributed by atoms with E-state index in [1.807, 2.05) is 38.1 Å². The van der Waals surface area contributed by atoms with E-state index in [9.17, 15) is 4.79 Å². The quantitative estimate of drug-likeness (QED) is 0.801. The van der Waals surface area contributed by atoms with Gasteiger partial charge in [-0.15, -0.1) is 12.4 Å². The van der Waals surface area contributed by atoms with Gasteiger partial charge in [0.15, 0.2) is 0 Å². The van der Waals surface area contributed by atoms with E-state index in [1.54, 1.807) is 0 Å². The molecule has 0 heterocycles. The molecule has 0 radical (unpaired) electrons. The van der Waals surface area contributed by atoms with Crippen LogP contribution in [0.1, 0.15) is 25.8 Å². The van der Waals surface area contributed by atoms with E-state index in [4.69, 9.17) is 10.5 Å². The highest BCUT2D eigenvalue weighted by molar-refractivity contribution is 9.10. The fraction of sp³-hybridized carbons (Fsp3) is 0.500. The van der Waals surface area contributed by atoms with Crippen molar-refractivity contribution in [3.8, 4) is 0 Å².